The first kappa shape index (κ1) is 14.7. The molecule has 0 aromatic carbocycles. The molecule has 0 aromatic heterocycles. The smallest absolute Gasteiger partial charge is 0.0588 e. The van der Waals surface area contributed by atoms with E-state index in [9.17, 15) is 5.11 Å². The zero-order chi connectivity index (χ0) is 11.7. The number of unbranched alkanes of at least 4 members (excludes halogenated alkanes) is 5. The summed E-state index contributed by atoms with van der Waals surface area (Å²) in [5.74, 6) is 0. The van der Waals surface area contributed by atoms with Crippen LogP contribution >= 0.6 is 0 Å². The van der Waals surface area contributed by atoms with Gasteiger partial charge in [-0.05, 0) is 24.7 Å². The largest absolute Gasteiger partial charge is 0.393 e. The molecule has 0 bridgehead atoms. The topological polar surface area (TPSA) is 20.2 Å². The number of aliphatic hydroxyl groups is 1. The highest BCUT2D eigenvalue weighted by Gasteiger charge is 2.20. The summed E-state index contributed by atoms with van der Waals surface area (Å²) in [6, 6.07) is 0. The van der Waals surface area contributed by atoms with Gasteiger partial charge in [-0.25, -0.2) is 0 Å². The first-order valence-corrected chi connectivity index (χ1v) is 6.27. The lowest BCUT2D eigenvalue weighted by molar-refractivity contribution is 0.0533. The number of aliphatic hydroxyl groups excluding tert-OH is 1. The number of hydrogen-bond acceptors (Lipinski definition) is 1. The van der Waals surface area contributed by atoms with Crippen LogP contribution in [0.4, 0.5) is 0 Å². The summed E-state index contributed by atoms with van der Waals surface area (Å²) in [5.41, 5.74) is 0.0445. The quantitative estimate of drug-likeness (QED) is 0.469. The molecule has 0 radical (unpaired) electrons. The second-order valence-electron chi connectivity index (χ2n) is 5.52. The SMILES string of the molecule is C=CCCCCCCCC(O)C(C)(C)C. The molecule has 0 aliphatic rings. The van der Waals surface area contributed by atoms with Gasteiger partial charge in [0.15, 0.2) is 0 Å². The first-order valence-electron chi connectivity index (χ1n) is 6.27. The van der Waals surface area contributed by atoms with E-state index in [1.807, 2.05) is 6.08 Å². The molecule has 0 saturated heterocycles. The van der Waals surface area contributed by atoms with Gasteiger partial charge in [-0.2, -0.15) is 0 Å². The Hall–Kier alpha value is -0.300. The average molecular weight is 212 g/mol. The summed E-state index contributed by atoms with van der Waals surface area (Å²) >= 11 is 0. The molecular weight excluding hydrogens is 184 g/mol. The van der Waals surface area contributed by atoms with Gasteiger partial charge < -0.3 is 5.11 Å². The molecule has 1 nitrogen and oxygen atoms in total. The van der Waals surface area contributed by atoms with Gasteiger partial charge in [0.25, 0.3) is 0 Å². The summed E-state index contributed by atoms with van der Waals surface area (Å²) in [7, 11) is 0. The van der Waals surface area contributed by atoms with Crippen molar-refractivity contribution in [2.75, 3.05) is 0 Å². The van der Waals surface area contributed by atoms with Gasteiger partial charge in [-0.1, -0.05) is 52.5 Å². The van der Waals surface area contributed by atoms with Crippen LogP contribution in [0.5, 0.6) is 0 Å². The third-order valence-corrected chi connectivity index (χ3v) is 2.89. The Morgan fingerprint density at radius 1 is 1.07 bits per heavy atom. The van der Waals surface area contributed by atoms with Gasteiger partial charge in [0.05, 0.1) is 6.10 Å². The van der Waals surface area contributed by atoms with E-state index in [1.54, 1.807) is 0 Å². The van der Waals surface area contributed by atoms with Gasteiger partial charge in [0.1, 0.15) is 0 Å². The van der Waals surface area contributed by atoms with Crippen molar-refractivity contribution in [3.63, 3.8) is 0 Å². The minimum absolute atomic E-state index is 0.0445. The van der Waals surface area contributed by atoms with Gasteiger partial charge in [0, 0.05) is 0 Å². The van der Waals surface area contributed by atoms with E-state index in [0.29, 0.717) is 0 Å². The molecule has 1 N–H and O–H groups in total. The van der Waals surface area contributed by atoms with Gasteiger partial charge in [-0.3, -0.25) is 0 Å². The Labute approximate surface area is 95.6 Å². The Morgan fingerprint density at radius 2 is 1.60 bits per heavy atom. The molecule has 15 heavy (non-hydrogen) atoms. The normalized spacial score (nSPS) is 13.9. The maximum absolute atomic E-state index is 9.81. The zero-order valence-electron chi connectivity index (χ0n) is 10.8. The van der Waals surface area contributed by atoms with Crippen LogP contribution in [0.2, 0.25) is 0 Å². The van der Waals surface area contributed by atoms with E-state index in [1.165, 1.54) is 25.7 Å². The van der Waals surface area contributed by atoms with Crippen LogP contribution in [-0.4, -0.2) is 11.2 Å². The van der Waals surface area contributed by atoms with Crippen molar-refractivity contribution in [1.29, 1.82) is 0 Å². The average Bonchev–Trinajstić information content (AvgIpc) is 2.14. The number of allylic oxidation sites excluding steroid dienone is 1. The van der Waals surface area contributed by atoms with Crippen molar-refractivity contribution in [2.24, 2.45) is 5.41 Å². The molecule has 0 heterocycles. The van der Waals surface area contributed by atoms with E-state index in [4.69, 9.17) is 0 Å². The third-order valence-electron chi connectivity index (χ3n) is 2.89. The van der Waals surface area contributed by atoms with Crippen LogP contribution in [0.3, 0.4) is 0 Å². The summed E-state index contributed by atoms with van der Waals surface area (Å²) in [6.45, 7) is 10.0. The van der Waals surface area contributed by atoms with Crippen molar-refractivity contribution in [2.45, 2.75) is 71.8 Å². The van der Waals surface area contributed by atoms with E-state index >= 15 is 0 Å². The van der Waals surface area contributed by atoms with Crippen molar-refractivity contribution >= 4 is 0 Å². The molecular formula is C14H28O. The van der Waals surface area contributed by atoms with Crippen LogP contribution < -0.4 is 0 Å². The molecule has 0 saturated carbocycles. The van der Waals surface area contributed by atoms with Crippen LogP contribution in [-0.2, 0) is 0 Å². The predicted octanol–water partition coefficient (Wildman–Crippen LogP) is 4.31. The molecule has 0 aromatic rings. The molecule has 0 spiro atoms. The van der Waals surface area contributed by atoms with Crippen molar-refractivity contribution < 1.29 is 5.11 Å². The molecule has 0 fully saturated rings. The lowest BCUT2D eigenvalue weighted by Gasteiger charge is -2.25. The number of rotatable bonds is 8. The molecule has 1 atom stereocenters. The molecule has 1 heteroatoms. The van der Waals surface area contributed by atoms with Gasteiger partial charge in [-0.15, -0.1) is 6.58 Å². The highest BCUT2D eigenvalue weighted by atomic mass is 16.3. The fourth-order valence-corrected chi connectivity index (χ4v) is 1.59. The van der Waals surface area contributed by atoms with Gasteiger partial charge in [0.2, 0.25) is 0 Å². The molecule has 1 unspecified atom stereocenters. The van der Waals surface area contributed by atoms with Crippen LogP contribution in [0.25, 0.3) is 0 Å². The van der Waals surface area contributed by atoms with E-state index in [2.05, 4.69) is 27.4 Å². The van der Waals surface area contributed by atoms with E-state index in [-0.39, 0.29) is 11.5 Å². The molecule has 0 aliphatic carbocycles. The Kier molecular flexibility index (Phi) is 7.76. The van der Waals surface area contributed by atoms with E-state index in [0.717, 1.165) is 19.3 Å². The maximum atomic E-state index is 9.81. The van der Waals surface area contributed by atoms with Crippen LogP contribution in [0, 0.1) is 5.41 Å². The van der Waals surface area contributed by atoms with E-state index < -0.39 is 0 Å². The summed E-state index contributed by atoms with van der Waals surface area (Å²) in [4.78, 5) is 0. The minimum atomic E-state index is -0.148. The fourth-order valence-electron chi connectivity index (χ4n) is 1.59. The predicted molar refractivity (Wildman–Crippen MR) is 68.0 cm³/mol. The first-order chi connectivity index (χ1) is 6.98. The van der Waals surface area contributed by atoms with Crippen LogP contribution in [0.1, 0.15) is 65.7 Å². The lowest BCUT2D eigenvalue weighted by atomic mass is 9.86. The second kappa shape index (κ2) is 7.92. The maximum Gasteiger partial charge on any atom is 0.0588 e. The minimum Gasteiger partial charge on any atom is -0.393 e. The van der Waals surface area contributed by atoms with Crippen LogP contribution in [0.15, 0.2) is 12.7 Å². The molecule has 90 valence electrons. The summed E-state index contributed by atoms with van der Waals surface area (Å²) < 4.78 is 0. The summed E-state index contributed by atoms with van der Waals surface area (Å²) in [6.07, 6.45) is 10.2. The highest BCUT2D eigenvalue weighted by molar-refractivity contribution is 4.72. The lowest BCUT2D eigenvalue weighted by Crippen LogP contribution is -2.25. The third kappa shape index (κ3) is 8.68. The Morgan fingerprint density at radius 3 is 2.13 bits per heavy atom. The zero-order valence-corrected chi connectivity index (χ0v) is 10.8. The van der Waals surface area contributed by atoms with Gasteiger partial charge >= 0.3 is 0 Å². The molecule has 0 rings (SSSR count). The Bertz CT molecular complexity index is 155. The Balaban J connectivity index is 3.27. The fraction of sp³-hybridized carbons (Fsp3) is 0.857. The molecule has 0 amide bonds. The monoisotopic (exact) mass is 212 g/mol. The van der Waals surface area contributed by atoms with Crippen molar-refractivity contribution in [1.82, 2.24) is 0 Å². The van der Waals surface area contributed by atoms with Crippen molar-refractivity contribution in [3.8, 4) is 0 Å². The standard InChI is InChI=1S/C14H28O/c1-5-6-7-8-9-10-11-12-13(15)14(2,3)4/h5,13,15H,1,6-12H2,2-4H3. The van der Waals surface area contributed by atoms with Crippen molar-refractivity contribution in [3.05, 3.63) is 12.7 Å². The highest BCUT2D eigenvalue weighted by Crippen LogP contribution is 2.23. The summed E-state index contributed by atoms with van der Waals surface area (Å²) in [5, 5.41) is 9.81. The second-order valence-corrected chi connectivity index (χ2v) is 5.52. The molecule has 0 aliphatic heterocycles. The number of hydrogen-bond donors (Lipinski definition) is 1.